The van der Waals surface area contributed by atoms with Crippen molar-refractivity contribution in [3.63, 3.8) is 0 Å². The highest BCUT2D eigenvalue weighted by molar-refractivity contribution is 5.95. The minimum absolute atomic E-state index is 0.0341. The Balaban J connectivity index is 2.11. The van der Waals surface area contributed by atoms with Crippen LogP contribution in [0.5, 0.6) is 0 Å². The van der Waals surface area contributed by atoms with Crippen LogP contribution < -0.4 is 10.6 Å². The van der Waals surface area contributed by atoms with E-state index in [0.29, 0.717) is 0 Å². The number of anilines is 1. The quantitative estimate of drug-likeness (QED) is 0.871. The van der Waals surface area contributed by atoms with Gasteiger partial charge in [0.05, 0.1) is 0 Å². The van der Waals surface area contributed by atoms with Gasteiger partial charge in [-0.25, -0.2) is 0 Å². The summed E-state index contributed by atoms with van der Waals surface area (Å²) >= 11 is 0. The standard InChI is InChI=1S/C16H24N2O/c1-4-9-16(2,3)18-15(19)13-7-8-14-12(11-13)6-5-10-17-14/h7-8,11,17H,4-6,9-10H2,1-3H3,(H,18,19). The smallest absolute Gasteiger partial charge is 0.251 e. The van der Waals surface area contributed by atoms with Gasteiger partial charge in [-0.3, -0.25) is 4.79 Å². The van der Waals surface area contributed by atoms with E-state index < -0.39 is 0 Å². The molecule has 104 valence electrons. The Morgan fingerprint density at radius 2 is 2.21 bits per heavy atom. The van der Waals surface area contributed by atoms with Crippen LogP contribution in [0.25, 0.3) is 0 Å². The van der Waals surface area contributed by atoms with Gasteiger partial charge in [0.25, 0.3) is 5.91 Å². The van der Waals surface area contributed by atoms with E-state index in [1.807, 2.05) is 18.2 Å². The number of hydrogen-bond acceptors (Lipinski definition) is 2. The minimum atomic E-state index is -0.139. The topological polar surface area (TPSA) is 41.1 Å². The SMILES string of the molecule is CCCC(C)(C)NC(=O)c1ccc2c(c1)CCCN2. The number of amides is 1. The van der Waals surface area contributed by atoms with Crippen LogP contribution in [0.15, 0.2) is 18.2 Å². The van der Waals surface area contributed by atoms with Gasteiger partial charge < -0.3 is 10.6 Å². The second-order valence-corrected chi connectivity index (χ2v) is 5.99. The Labute approximate surface area is 115 Å². The molecule has 0 saturated carbocycles. The molecule has 3 heteroatoms. The monoisotopic (exact) mass is 260 g/mol. The highest BCUT2D eigenvalue weighted by atomic mass is 16.1. The van der Waals surface area contributed by atoms with E-state index in [2.05, 4.69) is 31.4 Å². The Kier molecular flexibility index (Phi) is 4.13. The lowest BCUT2D eigenvalue weighted by atomic mass is 9.97. The number of carbonyl (C=O) groups excluding carboxylic acids is 1. The van der Waals surface area contributed by atoms with E-state index >= 15 is 0 Å². The van der Waals surface area contributed by atoms with Crippen molar-refractivity contribution < 1.29 is 4.79 Å². The normalized spacial score (nSPS) is 14.5. The van der Waals surface area contributed by atoms with Crippen molar-refractivity contribution >= 4 is 11.6 Å². The number of aryl methyl sites for hydroxylation is 1. The molecule has 1 aliphatic rings. The lowest BCUT2D eigenvalue weighted by molar-refractivity contribution is 0.0909. The molecule has 0 unspecified atom stereocenters. The molecule has 0 atom stereocenters. The third-order valence-electron chi connectivity index (χ3n) is 3.63. The first kappa shape index (κ1) is 13.9. The molecule has 0 bridgehead atoms. The highest BCUT2D eigenvalue weighted by Gasteiger charge is 2.20. The number of nitrogens with one attached hydrogen (secondary N) is 2. The van der Waals surface area contributed by atoms with Crippen LogP contribution in [-0.2, 0) is 6.42 Å². The maximum absolute atomic E-state index is 12.3. The van der Waals surface area contributed by atoms with Crippen molar-refractivity contribution in [2.75, 3.05) is 11.9 Å². The van der Waals surface area contributed by atoms with Crippen LogP contribution in [0.3, 0.4) is 0 Å². The number of hydrogen-bond donors (Lipinski definition) is 2. The van der Waals surface area contributed by atoms with E-state index in [9.17, 15) is 4.79 Å². The second kappa shape index (κ2) is 5.64. The zero-order chi connectivity index (χ0) is 13.9. The van der Waals surface area contributed by atoms with Crippen molar-refractivity contribution in [1.82, 2.24) is 5.32 Å². The Bertz CT molecular complexity index is 466. The summed E-state index contributed by atoms with van der Waals surface area (Å²) in [5.74, 6) is 0.0341. The van der Waals surface area contributed by atoms with Crippen LogP contribution in [0.1, 0.15) is 56.0 Å². The first-order chi connectivity index (χ1) is 9.02. The van der Waals surface area contributed by atoms with Crippen LogP contribution >= 0.6 is 0 Å². The maximum Gasteiger partial charge on any atom is 0.251 e. The van der Waals surface area contributed by atoms with Gasteiger partial charge in [0.15, 0.2) is 0 Å². The molecule has 3 nitrogen and oxygen atoms in total. The van der Waals surface area contributed by atoms with Crippen LogP contribution in [-0.4, -0.2) is 18.0 Å². The fraction of sp³-hybridized carbons (Fsp3) is 0.562. The molecule has 0 aromatic heterocycles. The molecule has 2 N–H and O–H groups in total. The molecule has 0 radical (unpaired) electrons. The van der Waals surface area contributed by atoms with Crippen molar-refractivity contribution in [3.05, 3.63) is 29.3 Å². The zero-order valence-electron chi connectivity index (χ0n) is 12.2. The summed E-state index contributed by atoms with van der Waals surface area (Å²) in [6.45, 7) is 7.32. The van der Waals surface area contributed by atoms with Crippen LogP contribution in [0.4, 0.5) is 5.69 Å². The van der Waals surface area contributed by atoms with E-state index in [-0.39, 0.29) is 11.4 Å². The highest BCUT2D eigenvalue weighted by Crippen LogP contribution is 2.23. The Hall–Kier alpha value is -1.51. The lowest BCUT2D eigenvalue weighted by Crippen LogP contribution is -2.43. The summed E-state index contributed by atoms with van der Waals surface area (Å²) in [4.78, 5) is 12.3. The number of fused-ring (bicyclic) bond motifs is 1. The van der Waals surface area contributed by atoms with Gasteiger partial charge in [0.1, 0.15) is 0 Å². The minimum Gasteiger partial charge on any atom is -0.385 e. The zero-order valence-corrected chi connectivity index (χ0v) is 12.2. The lowest BCUT2D eigenvalue weighted by Gasteiger charge is -2.26. The molecular weight excluding hydrogens is 236 g/mol. The molecule has 1 aromatic rings. The molecule has 0 aliphatic carbocycles. The molecule has 1 heterocycles. The molecule has 1 aliphatic heterocycles. The first-order valence-electron chi connectivity index (χ1n) is 7.21. The summed E-state index contributed by atoms with van der Waals surface area (Å²) < 4.78 is 0. The van der Waals surface area contributed by atoms with E-state index in [1.165, 1.54) is 11.3 Å². The van der Waals surface area contributed by atoms with Crippen molar-refractivity contribution in [3.8, 4) is 0 Å². The fourth-order valence-electron chi connectivity index (χ4n) is 2.68. The van der Waals surface area contributed by atoms with Gasteiger partial charge in [-0.05, 0) is 56.9 Å². The van der Waals surface area contributed by atoms with Gasteiger partial charge in [0.2, 0.25) is 0 Å². The predicted octanol–water partition coefficient (Wildman–Crippen LogP) is 3.35. The third kappa shape index (κ3) is 3.49. The van der Waals surface area contributed by atoms with Crippen LogP contribution in [0.2, 0.25) is 0 Å². The largest absolute Gasteiger partial charge is 0.385 e. The molecule has 1 aromatic carbocycles. The molecule has 0 spiro atoms. The van der Waals surface area contributed by atoms with Gasteiger partial charge in [0, 0.05) is 23.3 Å². The third-order valence-corrected chi connectivity index (χ3v) is 3.63. The molecule has 1 amide bonds. The van der Waals surface area contributed by atoms with Gasteiger partial charge >= 0.3 is 0 Å². The van der Waals surface area contributed by atoms with Gasteiger partial charge in [-0.1, -0.05) is 13.3 Å². The summed E-state index contributed by atoms with van der Waals surface area (Å²) in [6.07, 6.45) is 4.26. The molecule has 0 fully saturated rings. The number of rotatable bonds is 4. The fourth-order valence-corrected chi connectivity index (χ4v) is 2.68. The average Bonchev–Trinajstić information content (AvgIpc) is 2.37. The summed E-state index contributed by atoms with van der Waals surface area (Å²) in [5.41, 5.74) is 3.06. The van der Waals surface area contributed by atoms with Crippen molar-refractivity contribution in [1.29, 1.82) is 0 Å². The molecule has 2 rings (SSSR count). The average molecular weight is 260 g/mol. The summed E-state index contributed by atoms with van der Waals surface area (Å²) in [6, 6.07) is 5.96. The van der Waals surface area contributed by atoms with Gasteiger partial charge in [-0.15, -0.1) is 0 Å². The maximum atomic E-state index is 12.3. The molecular formula is C16H24N2O. The Morgan fingerprint density at radius 3 is 2.95 bits per heavy atom. The summed E-state index contributed by atoms with van der Waals surface area (Å²) in [7, 11) is 0. The van der Waals surface area contributed by atoms with Crippen molar-refractivity contribution in [2.24, 2.45) is 0 Å². The summed E-state index contributed by atoms with van der Waals surface area (Å²) in [5, 5.41) is 6.49. The van der Waals surface area contributed by atoms with E-state index in [1.54, 1.807) is 0 Å². The number of carbonyl (C=O) groups is 1. The molecule has 0 saturated heterocycles. The first-order valence-corrected chi connectivity index (χ1v) is 7.21. The van der Waals surface area contributed by atoms with E-state index in [4.69, 9.17) is 0 Å². The molecule has 19 heavy (non-hydrogen) atoms. The predicted molar refractivity (Wildman–Crippen MR) is 79.7 cm³/mol. The van der Waals surface area contributed by atoms with Crippen molar-refractivity contribution in [2.45, 2.75) is 52.0 Å². The second-order valence-electron chi connectivity index (χ2n) is 5.99. The van der Waals surface area contributed by atoms with Crippen LogP contribution in [0, 0.1) is 0 Å². The Morgan fingerprint density at radius 1 is 1.42 bits per heavy atom. The van der Waals surface area contributed by atoms with E-state index in [0.717, 1.165) is 37.8 Å². The number of benzene rings is 1. The van der Waals surface area contributed by atoms with Gasteiger partial charge in [-0.2, -0.15) is 0 Å².